The van der Waals surface area contributed by atoms with E-state index in [9.17, 15) is 9.59 Å². The lowest BCUT2D eigenvalue weighted by Gasteiger charge is -2.17. The number of fused-ring (bicyclic) bond motifs is 2. The van der Waals surface area contributed by atoms with Crippen LogP contribution in [0.4, 0.5) is 9.59 Å². The highest BCUT2D eigenvalue weighted by Gasteiger charge is 2.22. The van der Waals surface area contributed by atoms with Gasteiger partial charge in [-0.05, 0) is 18.4 Å². The molecule has 0 radical (unpaired) electrons. The molecule has 146 valence electrons. The van der Waals surface area contributed by atoms with Gasteiger partial charge in [-0.2, -0.15) is 0 Å². The second-order valence-corrected chi connectivity index (χ2v) is 6.26. The lowest BCUT2D eigenvalue weighted by Crippen LogP contribution is -2.11. The minimum Gasteiger partial charge on any atom is -0.437 e. The van der Waals surface area contributed by atoms with Crippen LogP contribution in [0.1, 0.15) is 25.3 Å². The van der Waals surface area contributed by atoms with Crippen LogP contribution in [0.3, 0.4) is 0 Å². The van der Waals surface area contributed by atoms with Crippen LogP contribution >= 0.6 is 0 Å². The number of carbonyl (C=O) groups excluding carboxylic acids is 2. The Kier molecular flexibility index (Phi) is 5.99. The predicted octanol–water partition coefficient (Wildman–Crippen LogP) is 5.63. The minimum atomic E-state index is -0.813. The van der Waals surface area contributed by atoms with Crippen molar-refractivity contribution in [2.24, 2.45) is 0 Å². The van der Waals surface area contributed by atoms with E-state index in [-0.39, 0.29) is 0 Å². The first kappa shape index (κ1) is 19.5. The molecule has 0 N–H and O–H groups in total. The Morgan fingerprint density at radius 3 is 1.96 bits per heavy atom. The summed E-state index contributed by atoms with van der Waals surface area (Å²) in [7, 11) is 2.52. The summed E-state index contributed by atoms with van der Waals surface area (Å²) in [4.78, 5) is 23.8. The van der Waals surface area contributed by atoms with Crippen molar-refractivity contribution in [3.05, 3.63) is 48.0 Å². The number of rotatable bonds is 5. The zero-order chi connectivity index (χ0) is 20.1. The van der Waals surface area contributed by atoms with Gasteiger partial charge in [-0.15, -0.1) is 0 Å². The second-order valence-electron chi connectivity index (χ2n) is 6.26. The van der Waals surface area contributed by atoms with E-state index in [1.54, 1.807) is 6.07 Å². The maximum Gasteiger partial charge on any atom is 0.513 e. The van der Waals surface area contributed by atoms with Crippen molar-refractivity contribution in [1.82, 2.24) is 0 Å². The van der Waals surface area contributed by atoms with Gasteiger partial charge in [-0.25, -0.2) is 9.59 Å². The van der Waals surface area contributed by atoms with Gasteiger partial charge in [0.15, 0.2) is 5.75 Å². The maximum atomic E-state index is 12.0. The summed E-state index contributed by atoms with van der Waals surface area (Å²) in [5.74, 6) is 0.759. The van der Waals surface area contributed by atoms with Crippen molar-refractivity contribution in [3.8, 4) is 11.5 Å². The first-order valence-electron chi connectivity index (χ1n) is 9.08. The first-order valence-corrected chi connectivity index (χ1v) is 9.08. The highest BCUT2D eigenvalue weighted by atomic mass is 16.7. The van der Waals surface area contributed by atoms with Gasteiger partial charge in [0.25, 0.3) is 0 Å². The largest absolute Gasteiger partial charge is 0.513 e. The number of hydrogen-bond acceptors (Lipinski definition) is 6. The molecular formula is C22H22O6. The Balaban J connectivity index is 2.40. The molecule has 3 aromatic carbocycles. The molecule has 0 heterocycles. The maximum absolute atomic E-state index is 12.0. The fraction of sp³-hybridized carbons (Fsp3) is 0.273. The normalized spacial score (nSPS) is 10.7. The number of unbranched alkanes of at least 4 members (excludes halogenated alkanes) is 1. The summed E-state index contributed by atoms with van der Waals surface area (Å²) >= 11 is 0. The standard InChI is InChI=1S/C22H22O6/c1-4-5-9-14-10-8-13-17-18(14)20(28-22(24)26-3)16-12-7-6-11-15(16)19(17)27-21(23)25-2/h6-8,10-13H,4-5,9H2,1-3H3. The molecule has 0 fully saturated rings. The van der Waals surface area contributed by atoms with Crippen molar-refractivity contribution >= 4 is 33.9 Å². The monoisotopic (exact) mass is 382 g/mol. The van der Waals surface area contributed by atoms with Crippen LogP contribution in [0.2, 0.25) is 0 Å². The molecule has 0 aliphatic carbocycles. The number of aryl methyl sites for hydroxylation is 1. The van der Waals surface area contributed by atoms with Gasteiger partial charge in [0, 0.05) is 21.5 Å². The number of hydrogen-bond donors (Lipinski definition) is 0. The summed E-state index contributed by atoms with van der Waals surface area (Å²) in [6.07, 6.45) is 1.16. The third kappa shape index (κ3) is 3.71. The first-order chi connectivity index (χ1) is 13.6. The number of methoxy groups -OCH3 is 2. The van der Waals surface area contributed by atoms with Crippen molar-refractivity contribution in [3.63, 3.8) is 0 Å². The smallest absolute Gasteiger partial charge is 0.437 e. The van der Waals surface area contributed by atoms with Gasteiger partial charge in [-0.3, -0.25) is 0 Å². The molecule has 3 aromatic rings. The van der Waals surface area contributed by atoms with Gasteiger partial charge in [0.2, 0.25) is 0 Å². The highest BCUT2D eigenvalue weighted by Crippen LogP contribution is 2.44. The van der Waals surface area contributed by atoms with E-state index in [0.717, 1.165) is 30.2 Å². The molecule has 0 bridgehead atoms. The third-order valence-electron chi connectivity index (χ3n) is 4.54. The molecule has 3 rings (SSSR count). The van der Waals surface area contributed by atoms with E-state index in [4.69, 9.17) is 18.9 Å². The summed E-state index contributed by atoms with van der Waals surface area (Å²) in [5.41, 5.74) is 0.999. The van der Waals surface area contributed by atoms with Crippen LogP contribution in [0.5, 0.6) is 11.5 Å². The van der Waals surface area contributed by atoms with Crippen molar-refractivity contribution in [2.45, 2.75) is 26.2 Å². The summed E-state index contributed by atoms with van der Waals surface area (Å²) in [6, 6.07) is 13.0. The summed E-state index contributed by atoms with van der Waals surface area (Å²) < 4.78 is 20.5. The van der Waals surface area contributed by atoms with Gasteiger partial charge in [-0.1, -0.05) is 55.8 Å². The minimum absolute atomic E-state index is 0.369. The van der Waals surface area contributed by atoms with Gasteiger partial charge in [0.05, 0.1) is 14.2 Å². The predicted molar refractivity (Wildman–Crippen MR) is 106 cm³/mol. The molecule has 0 spiro atoms. The Labute approximate surface area is 162 Å². The Morgan fingerprint density at radius 1 is 0.786 bits per heavy atom. The van der Waals surface area contributed by atoms with Crippen LogP contribution in [0, 0.1) is 0 Å². The topological polar surface area (TPSA) is 71.1 Å². The molecule has 0 atom stereocenters. The van der Waals surface area contributed by atoms with Crippen molar-refractivity contribution in [2.75, 3.05) is 14.2 Å². The molecule has 0 aliphatic rings. The van der Waals surface area contributed by atoms with Gasteiger partial charge >= 0.3 is 12.3 Å². The molecule has 0 aromatic heterocycles. The van der Waals surface area contributed by atoms with E-state index < -0.39 is 12.3 Å². The average Bonchev–Trinajstić information content (AvgIpc) is 2.73. The second kappa shape index (κ2) is 8.61. The zero-order valence-corrected chi connectivity index (χ0v) is 16.1. The quantitative estimate of drug-likeness (QED) is 0.324. The lowest BCUT2D eigenvalue weighted by atomic mass is 9.94. The molecule has 0 saturated heterocycles. The molecule has 28 heavy (non-hydrogen) atoms. The van der Waals surface area contributed by atoms with Gasteiger partial charge in [0.1, 0.15) is 5.75 Å². The third-order valence-corrected chi connectivity index (χ3v) is 4.54. The molecule has 6 heteroatoms. The number of benzene rings is 3. The lowest BCUT2D eigenvalue weighted by molar-refractivity contribution is 0.120. The molecule has 0 amide bonds. The van der Waals surface area contributed by atoms with Crippen LogP contribution < -0.4 is 9.47 Å². The number of ether oxygens (including phenoxy) is 4. The average molecular weight is 382 g/mol. The molecule has 0 saturated carbocycles. The molecular weight excluding hydrogens is 360 g/mol. The SMILES string of the molecule is CCCCc1cccc2c(OC(=O)OC)c3ccccc3c(OC(=O)OC)c12. The summed E-state index contributed by atoms with van der Waals surface area (Å²) in [5, 5.41) is 2.66. The van der Waals surface area contributed by atoms with Crippen molar-refractivity contribution < 1.29 is 28.5 Å². The summed E-state index contributed by atoms with van der Waals surface area (Å²) in [6.45, 7) is 2.11. The zero-order valence-electron chi connectivity index (χ0n) is 16.1. The van der Waals surface area contributed by atoms with E-state index in [0.29, 0.717) is 27.7 Å². The Hall–Kier alpha value is -3.28. The number of carbonyl (C=O) groups is 2. The van der Waals surface area contributed by atoms with E-state index >= 15 is 0 Å². The van der Waals surface area contributed by atoms with E-state index in [2.05, 4.69) is 6.92 Å². The Morgan fingerprint density at radius 2 is 1.36 bits per heavy atom. The van der Waals surface area contributed by atoms with E-state index in [1.165, 1.54) is 14.2 Å². The van der Waals surface area contributed by atoms with Crippen LogP contribution in [-0.4, -0.2) is 26.5 Å². The van der Waals surface area contributed by atoms with Crippen LogP contribution in [0.15, 0.2) is 42.5 Å². The Bertz CT molecular complexity index is 1020. The van der Waals surface area contributed by atoms with Crippen LogP contribution in [0.25, 0.3) is 21.5 Å². The molecule has 6 nitrogen and oxygen atoms in total. The van der Waals surface area contributed by atoms with Crippen molar-refractivity contribution in [1.29, 1.82) is 0 Å². The van der Waals surface area contributed by atoms with Crippen LogP contribution in [-0.2, 0) is 15.9 Å². The molecule has 0 unspecified atom stereocenters. The fourth-order valence-electron chi connectivity index (χ4n) is 3.26. The van der Waals surface area contributed by atoms with E-state index in [1.807, 2.05) is 36.4 Å². The van der Waals surface area contributed by atoms with Gasteiger partial charge < -0.3 is 18.9 Å². The highest BCUT2D eigenvalue weighted by molar-refractivity contribution is 6.13. The molecule has 0 aliphatic heterocycles. The fourth-order valence-corrected chi connectivity index (χ4v) is 3.26.